The molecule has 160 valence electrons. The average Bonchev–Trinajstić information content (AvgIpc) is 3.10. The Morgan fingerprint density at radius 3 is 2.79 bits per heavy atom. The van der Waals surface area contributed by atoms with E-state index in [1.165, 1.54) is 32.1 Å². The van der Waals surface area contributed by atoms with E-state index < -0.39 is 0 Å². The molecule has 3 rings (SSSR count). The van der Waals surface area contributed by atoms with Gasteiger partial charge in [0, 0.05) is 19.0 Å². The van der Waals surface area contributed by atoms with E-state index in [1.807, 2.05) is 10.9 Å². The lowest BCUT2D eigenvalue weighted by Crippen LogP contribution is -2.28. The lowest BCUT2D eigenvalue weighted by molar-refractivity contribution is -0.121. The molecule has 2 aromatic rings. The molecule has 2 N–H and O–H groups in total. The summed E-state index contributed by atoms with van der Waals surface area (Å²) in [4.78, 5) is 21.5. The van der Waals surface area contributed by atoms with Gasteiger partial charge >= 0.3 is 0 Å². The van der Waals surface area contributed by atoms with Crippen molar-refractivity contribution in [1.29, 1.82) is 0 Å². The van der Waals surface area contributed by atoms with Crippen LogP contribution in [-0.4, -0.2) is 44.0 Å². The number of rotatable bonds is 10. The van der Waals surface area contributed by atoms with Crippen molar-refractivity contribution in [2.24, 2.45) is 5.92 Å². The Kier molecular flexibility index (Phi) is 8.15. The first kappa shape index (κ1) is 21.9. The first-order chi connectivity index (χ1) is 14.1. The van der Waals surface area contributed by atoms with Gasteiger partial charge in [-0.1, -0.05) is 50.8 Å². The highest BCUT2D eigenvalue weighted by atomic mass is 32.2. The maximum Gasteiger partial charge on any atom is 0.220 e. The van der Waals surface area contributed by atoms with Crippen LogP contribution in [0.4, 0.5) is 5.82 Å². The number of thioether (sulfide) groups is 1. The molecule has 0 radical (unpaired) electrons. The second-order valence-corrected chi connectivity index (χ2v) is 9.32. The molecule has 2 aromatic heterocycles. The lowest BCUT2D eigenvalue weighted by Gasteiger charge is -2.20. The molecule has 8 heteroatoms. The van der Waals surface area contributed by atoms with Gasteiger partial charge in [0.2, 0.25) is 5.91 Å². The minimum Gasteiger partial charge on any atom is -0.367 e. The molecule has 29 heavy (non-hydrogen) atoms. The number of hydrogen-bond donors (Lipinski definition) is 2. The van der Waals surface area contributed by atoms with Crippen LogP contribution in [0.1, 0.15) is 65.7 Å². The van der Waals surface area contributed by atoms with Crippen molar-refractivity contribution in [3.8, 4) is 0 Å². The highest BCUT2D eigenvalue weighted by Gasteiger charge is 2.16. The molecule has 0 aromatic carbocycles. The summed E-state index contributed by atoms with van der Waals surface area (Å²) in [7, 11) is 0. The van der Waals surface area contributed by atoms with Crippen LogP contribution < -0.4 is 10.6 Å². The van der Waals surface area contributed by atoms with Crippen LogP contribution in [0.15, 0.2) is 11.4 Å². The first-order valence-corrected chi connectivity index (χ1v) is 11.9. The van der Waals surface area contributed by atoms with Crippen LogP contribution in [-0.2, 0) is 11.3 Å². The Bertz CT molecular complexity index is 800. The first-order valence-electron chi connectivity index (χ1n) is 11.0. The third-order valence-corrected chi connectivity index (χ3v) is 6.05. The number of fused-ring (bicyclic) bond motifs is 1. The molecule has 1 aliphatic rings. The van der Waals surface area contributed by atoms with Crippen molar-refractivity contribution in [3.05, 3.63) is 6.20 Å². The van der Waals surface area contributed by atoms with Crippen LogP contribution in [0.5, 0.6) is 0 Å². The van der Waals surface area contributed by atoms with Crippen molar-refractivity contribution >= 4 is 34.5 Å². The molecule has 0 saturated heterocycles. The van der Waals surface area contributed by atoms with Crippen molar-refractivity contribution < 1.29 is 4.79 Å². The molecule has 0 aliphatic heterocycles. The molecular formula is C21H34N6OS. The van der Waals surface area contributed by atoms with Crippen LogP contribution in [0.2, 0.25) is 0 Å². The summed E-state index contributed by atoms with van der Waals surface area (Å²) in [5.41, 5.74) is 0.815. The zero-order chi connectivity index (χ0) is 20.6. The highest BCUT2D eigenvalue weighted by Crippen LogP contribution is 2.27. The predicted molar refractivity (Wildman–Crippen MR) is 119 cm³/mol. The number of amides is 1. The topological polar surface area (TPSA) is 84.7 Å². The van der Waals surface area contributed by atoms with Gasteiger partial charge in [-0.15, -0.1) is 0 Å². The second-order valence-electron chi connectivity index (χ2n) is 8.08. The summed E-state index contributed by atoms with van der Waals surface area (Å²) in [5.74, 6) is 2.62. The summed E-state index contributed by atoms with van der Waals surface area (Å²) >= 11 is 1.62. The van der Waals surface area contributed by atoms with Crippen LogP contribution in [0.3, 0.4) is 0 Å². The Morgan fingerprint density at radius 1 is 1.28 bits per heavy atom. The number of nitrogens with zero attached hydrogens (tertiary/aromatic N) is 4. The molecule has 2 heterocycles. The van der Waals surface area contributed by atoms with E-state index >= 15 is 0 Å². The normalized spacial score (nSPS) is 15.2. The average molecular weight is 419 g/mol. The van der Waals surface area contributed by atoms with Crippen molar-refractivity contribution in [2.45, 2.75) is 83.5 Å². The fourth-order valence-electron chi connectivity index (χ4n) is 3.88. The molecule has 1 aliphatic carbocycles. The second kappa shape index (κ2) is 10.8. The fourth-order valence-corrected chi connectivity index (χ4v) is 4.44. The van der Waals surface area contributed by atoms with Gasteiger partial charge in [0.1, 0.15) is 5.82 Å². The predicted octanol–water partition coefficient (Wildman–Crippen LogP) is 4.24. The standard InChI is InChI=1S/C21H34N6OS/c1-4-29-21-25-19(24-15(2)3)17-14-23-27(20(17)26-21)13-12-22-18(28)11-10-16-8-6-5-7-9-16/h14-16H,4-13H2,1-3H3,(H,22,28)(H,24,25,26). The largest absolute Gasteiger partial charge is 0.367 e. The van der Waals surface area contributed by atoms with E-state index in [0.717, 1.165) is 40.1 Å². The fraction of sp³-hybridized carbons (Fsp3) is 0.714. The number of nitrogens with one attached hydrogen (secondary N) is 2. The summed E-state index contributed by atoms with van der Waals surface area (Å²) in [5, 5.41) is 12.6. The summed E-state index contributed by atoms with van der Waals surface area (Å²) in [6.07, 6.45) is 10.0. The van der Waals surface area contributed by atoms with Gasteiger partial charge in [-0.2, -0.15) is 5.10 Å². The van der Waals surface area contributed by atoms with Crippen molar-refractivity contribution in [2.75, 3.05) is 17.6 Å². The quantitative estimate of drug-likeness (QED) is 0.443. The highest BCUT2D eigenvalue weighted by molar-refractivity contribution is 7.99. The summed E-state index contributed by atoms with van der Waals surface area (Å²) < 4.78 is 1.86. The van der Waals surface area contributed by atoms with E-state index in [9.17, 15) is 4.79 Å². The van der Waals surface area contributed by atoms with Gasteiger partial charge in [-0.3, -0.25) is 4.79 Å². The summed E-state index contributed by atoms with van der Waals surface area (Å²) in [6.45, 7) is 7.44. The monoisotopic (exact) mass is 418 g/mol. The van der Waals surface area contributed by atoms with E-state index in [0.29, 0.717) is 19.5 Å². The molecule has 0 spiro atoms. The maximum absolute atomic E-state index is 12.2. The molecular weight excluding hydrogens is 384 g/mol. The maximum atomic E-state index is 12.2. The van der Waals surface area contributed by atoms with Gasteiger partial charge < -0.3 is 10.6 Å². The van der Waals surface area contributed by atoms with E-state index in [1.54, 1.807) is 11.8 Å². The van der Waals surface area contributed by atoms with Gasteiger partial charge in [0.05, 0.1) is 18.1 Å². The van der Waals surface area contributed by atoms with Gasteiger partial charge in [-0.25, -0.2) is 14.6 Å². The SMILES string of the molecule is CCSc1nc(NC(C)C)c2cnn(CCNC(=O)CCC3CCCCC3)c2n1. The third kappa shape index (κ3) is 6.32. The molecule has 0 unspecified atom stereocenters. The smallest absolute Gasteiger partial charge is 0.220 e. The lowest BCUT2D eigenvalue weighted by atomic mass is 9.86. The minimum absolute atomic E-state index is 0.144. The summed E-state index contributed by atoms with van der Waals surface area (Å²) in [6, 6.07) is 0.277. The van der Waals surface area contributed by atoms with Gasteiger partial charge in [0.25, 0.3) is 0 Å². The number of hydrogen-bond acceptors (Lipinski definition) is 6. The molecule has 1 amide bonds. The Morgan fingerprint density at radius 2 is 2.07 bits per heavy atom. The van der Waals surface area contributed by atoms with Crippen LogP contribution in [0.25, 0.3) is 11.0 Å². The number of carbonyl (C=O) groups excluding carboxylic acids is 1. The van der Waals surface area contributed by atoms with Gasteiger partial charge in [0.15, 0.2) is 10.8 Å². The van der Waals surface area contributed by atoms with Crippen LogP contribution >= 0.6 is 11.8 Å². The Hall–Kier alpha value is -1.83. The zero-order valence-corrected chi connectivity index (χ0v) is 18.7. The number of anilines is 1. The number of carbonyl (C=O) groups is 1. The molecule has 7 nitrogen and oxygen atoms in total. The van der Waals surface area contributed by atoms with Gasteiger partial charge in [-0.05, 0) is 31.9 Å². The third-order valence-electron chi connectivity index (χ3n) is 5.32. The molecule has 0 bridgehead atoms. The van der Waals surface area contributed by atoms with Crippen LogP contribution in [0, 0.1) is 5.92 Å². The molecule has 0 atom stereocenters. The van der Waals surface area contributed by atoms with Crippen molar-refractivity contribution in [3.63, 3.8) is 0 Å². The van der Waals surface area contributed by atoms with E-state index in [4.69, 9.17) is 0 Å². The molecule has 1 fully saturated rings. The van der Waals surface area contributed by atoms with E-state index in [2.05, 4.69) is 46.5 Å². The van der Waals surface area contributed by atoms with Crippen molar-refractivity contribution in [1.82, 2.24) is 25.1 Å². The Balaban J connectivity index is 1.57. The molecule has 1 saturated carbocycles. The Labute approximate surface area is 177 Å². The minimum atomic E-state index is 0.144. The van der Waals surface area contributed by atoms with E-state index in [-0.39, 0.29) is 11.9 Å². The zero-order valence-electron chi connectivity index (χ0n) is 17.9. The number of aromatic nitrogens is 4.